The van der Waals surface area contributed by atoms with Crippen LogP contribution in [0.1, 0.15) is 112 Å². The third-order valence-electron chi connectivity index (χ3n) is 12.1. The zero-order chi connectivity index (χ0) is 33.9. The standard InChI is InChI=1S/C40H48F2N8/c1-23(2)24-13-17-49(18-14-24)38-28(41)21-27(22-29(38)42)50-36(25-7-9-30-34(19-25)47-39(45-30)32-5-3-15-43-32)11-12-37(50)26-8-10-31-35(20-26)48-40(46-31)33-6-4-16-44-33/h7-10,19-24,32-33,36-37,43-44H,3-6,11-18H2,1-2H3,(H,45,47)(H,46,48)/t32-,33-,36+,37+/m0/s1. The molecule has 4 N–H and O–H groups in total. The molecule has 8 nitrogen and oxygen atoms in total. The normalized spacial score (nSPS) is 24.9. The van der Waals surface area contributed by atoms with Gasteiger partial charge < -0.3 is 30.4 Å². The van der Waals surface area contributed by atoms with Crippen LogP contribution in [0.25, 0.3) is 22.1 Å². The van der Waals surface area contributed by atoms with E-state index < -0.39 is 11.6 Å². The predicted octanol–water partition coefficient (Wildman–Crippen LogP) is 8.52. The molecular formula is C40H48F2N8. The third kappa shape index (κ3) is 5.74. The van der Waals surface area contributed by atoms with Gasteiger partial charge in [0.2, 0.25) is 0 Å². The molecule has 4 atom stereocenters. The van der Waals surface area contributed by atoms with Gasteiger partial charge in [0.15, 0.2) is 11.6 Å². The molecular weight excluding hydrogens is 630 g/mol. The summed E-state index contributed by atoms with van der Waals surface area (Å²) in [6.45, 7) is 7.86. The number of hydrogen-bond donors (Lipinski definition) is 4. The van der Waals surface area contributed by atoms with E-state index in [1.165, 1.54) is 0 Å². The van der Waals surface area contributed by atoms with Crippen molar-refractivity contribution in [3.05, 3.63) is 82.9 Å². The van der Waals surface area contributed by atoms with Crippen molar-refractivity contribution in [2.24, 2.45) is 11.8 Å². The molecule has 0 spiro atoms. The number of halogens is 2. The zero-order valence-corrected chi connectivity index (χ0v) is 29.1. The number of fused-ring (bicyclic) bond motifs is 2. The minimum Gasteiger partial charge on any atom is -0.367 e. The lowest BCUT2D eigenvalue weighted by Crippen LogP contribution is -2.36. The zero-order valence-electron chi connectivity index (χ0n) is 29.1. The maximum Gasteiger partial charge on any atom is 0.151 e. The predicted molar refractivity (Wildman–Crippen MR) is 195 cm³/mol. The summed E-state index contributed by atoms with van der Waals surface area (Å²) in [6, 6.07) is 16.4. The smallest absolute Gasteiger partial charge is 0.151 e. The second-order valence-electron chi connectivity index (χ2n) is 15.4. The number of rotatable bonds is 7. The minimum atomic E-state index is -0.483. The van der Waals surface area contributed by atoms with Gasteiger partial charge in [-0.1, -0.05) is 26.0 Å². The van der Waals surface area contributed by atoms with Gasteiger partial charge in [-0.2, -0.15) is 0 Å². The van der Waals surface area contributed by atoms with E-state index >= 15 is 8.78 Å². The lowest BCUT2D eigenvalue weighted by molar-refractivity contribution is 0.309. The van der Waals surface area contributed by atoms with Gasteiger partial charge in [0.25, 0.3) is 0 Å². The number of hydrogen-bond acceptors (Lipinski definition) is 6. The Labute approximate surface area is 292 Å². The van der Waals surface area contributed by atoms with Crippen molar-refractivity contribution in [3.8, 4) is 0 Å². The third-order valence-corrected chi connectivity index (χ3v) is 12.1. The SMILES string of the molecule is CC(C)C1CCN(c2c(F)cc(N3[C@@H](c4ccc5nc([C@@H]6CCCN6)[nH]c5c4)CC[C@@H]3c3ccc4nc([C@@H]5CCCN5)[nH]c4c3)cc2F)CC1. The highest BCUT2D eigenvalue weighted by atomic mass is 19.1. The van der Waals surface area contributed by atoms with Crippen LogP contribution in [-0.2, 0) is 0 Å². The lowest BCUT2D eigenvalue weighted by atomic mass is 9.86. The number of aromatic amines is 2. The van der Waals surface area contributed by atoms with Gasteiger partial charge in [-0.25, -0.2) is 18.7 Å². The summed E-state index contributed by atoms with van der Waals surface area (Å²) in [6.07, 6.45) is 8.07. The summed E-state index contributed by atoms with van der Waals surface area (Å²) in [7, 11) is 0. The Balaban J connectivity index is 1.08. The molecule has 4 aliphatic heterocycles. The fourth-order valence-electron chi connectivity index (χ4n) is 9.29. The van der Waals surface area contributed by atoms with Crippen molar-refractivity contribution in [2.75, 3.05) is 36.0 Å². The van der Waals surface area contributed by atoms with Gasteiger partial charge in [0, 0.05) is 18.8 Å². The topological polar surface area (TPSA) is 87.9 Å². The van der Waals surface area contributed by atoms with E-state index in [1.807, 2.05) is 4.90 Å². The summed E-state index contributed by atoms with van der Waals surface area (Å²) < 4.78 is 32.5. The minimum absolute atomic E-state index is 0.0668. The van der Waals surface area contributed by atoms with Gasteiger partial charge in [-0.3, -0.25) is 0 Å². The van der Waals surface area contributed by atoms with E-state index in [2.05, 4.69) is 75.7 Å². The number of H-pyrrole nitrogens is 2. The van der Waals surface area contributed by atoms with Crippen LogP contribution in [0.2, 0.25) is 0 Å². The van der Waals surface area contributed by atoms with Crippen LogP contribution >= 0.6 is 0 Å². The average molecular weight is 679 g/mol. The molecule has 4 saturated heterocycles. The van der Waals surface area contributed by atoms with E-state index in [9.17, 15) is 0 Å². The monoisotopic (exact) mass is 678 g/mol. The Kier molecular flexibility index (Phi) is 8.27. The number of piperidine rings is 1. The Bertz CT molecular complexity index is 1870. The van der Waals surface area contributed by atoms with E-state index in [0.29, 0.717) is 30.6 Å². The van der Waals surface area contributed by atoms with Crippen molar-refractivity contribution >= 4 is 33.4 Å². The summed E-state index contributed by atoms with van der Waals surface area (Å²) in [4.78, 5) is 21.1. The highest BCUT2D eigenvalue weighted by molar-refractivity contribution is 5.78. The largest absolute Gasteiger partial charge is 0.367 e. The molecule has 5 aromatic rings. The molecule has 4 aliphatic rings. The number of anilines is 2. The van der Waals surface area contributed by atoms with Gasteiger partial charge in [-0.15, -0.1) is 0 Å². The second-order valence-corrected chi connectivity index (χ2v) is 15.4. The van der Waals surface area contributed by atoms with E-state index in [1.54, 1.807) is 12.1 Å². The van der Waals surface area contributed by atoms with E-state index in [4.69, 9.17) is 9.97 Å². The molecule has 4 fully saturated rings. The van der Waals surface area contributed by atoms with Crippen molar-refractivity contribution in [2.45, 2.75) is 89.4 Å². The molecule has 2 aromatic heterocycles. The first-order valence-corrected chi connectivity index (χ1v) is 18.9. The van der Waals surface area contributed by atoms with Crippen LogP contribution in [0.5, 0.6) is 0 Å². The Morgan fingerprint density at radius 1 is 0.680 bits per heavy atom. The summed E-state index contributed by atoms with van der Waals surface area (Å²) in [5, 5.41) is 7.09. The lowest BCUT2D eigenvalue weighted by Gasteiger charge is -2.37. The first-order valence-electron chi connectivity index (χ1n) is 18.9. The number of nitrogens with one attached hydrogen (secondary N) is 4. The maximum atomic E-state index is 16.2. The van der Waals surface area contributed by atoms with Crippen LogP contribution in [0.15, 0.2) is 48.5 Å². The maximum absolute atomic E-state index is 16.2. The fraction of sp³-hybridized carbons (Fsp3) is 0.500. The fourth-order valence-corrected chi connectivity index (χ4v) is 9.29. The van der Waals surface area contributed by atoms with Crippen molar-refractivity contribution in [3.63, 3.8) is 0 Å². The van der Waals surface area contributed by atoms with Crippen molar-refractivity contribution in [1.82, 2.24) is 30.6 Å². The van der Waals surface area contributed by atoms with E-state index in [0.717, 1.165) is 109 Å². The molecule has 0 amide bonds. The number of aromatic nitrogens is 4. The van der Waals surface area contributed by atoms with Gasteiger partial charge in [0.05, 0.1) is 46.2 Å². The molecule has 0 radical (unpaired) electrons. The number of imidazole rings is 2. The van der Waals surface area contributed by atoms with Crippen LogP contribution < -0.4 is 20.4 Å². The molecule has 0 saturated carbocycles. The van der Waals surface area contributed by atoms with E-state index in [-0.39, 0.29) is 29.9 Å². The summed E-state index contributed by atoms with van der Waals surface area (Å²) in [5.74, 6) is 2.17. The van der Waals surface area contributed by atoms with Crippen molar-refractivity contribution in [1.29, 1.82) is 0 Å². The Morgan fingerprint density at radius 3 is 1.66 bits per heavy atom. The average Bonchev–Trinajstić information content (AvgIpc) is 3.96. The van der Waals surface area contributed by atoms with Gasteiger partial charge >= 0.3 is 0 Å². The quantitative estimate of drug-likeness (QED) is 0.138. The first kappa shape index (κ1) is 31.9. The Hall–Kier alpha value is -4.02. The molecule has 0 unspecified atom stereocenters. The molecule has 0 aliphatic carbocycles. The second kappa shape index (κ2) is 12.9. The van der Waals surface area contributed by atoms with Crippen molar-refractivity contribution < 1.29 is 8.78 Å². The van der Waals surface area contributed by atoms with Crippen LogP contribution in [0.3, 0.4) is 0 Å². The molecule has 0 bridgehead atoms. The summed E-state index contributed by atoms with van der Waals surface area (Å²) >= 11 is 0. The van der Waals surface area contributed by atoms with Crippen LogP contribution in [0, 0.1) is 23.5 Å². The molecule has 6 heterocycles. The molecule has 3 aromatic carbocycles. The number of nitrogens with zero attached hydrogens (tertiary/aromatic N) is 4. The molecule has 10 heteroatoms. The highest BCUT2D eigenvalue weighted by Crippen LogP contribution is 2.49. The molecule has 50 heavy (non-hydrogen) atoms. The Morgan fingerprint density at radius 2 is 1.20 bits per heavy atom. The van der Waals surface area contributed by atoms with Gasteiger partial charge in [0.1, 0.15) is 17.3 Å². The molecule has 9 rings (SSSR count). The first-order chi connectivity index (χ1) is 24.4. The molecule has 262 valence electrons. The number of benzene rings is 3. The summed E-state index contributed by atoms with van der Waals surface area (Å²) in [5.41, 5.74) is 6.81. The van der Waals surface area contributed by atoms with Crippen LogP contribution in [0.4, 0.5) is 20.2 Å². The highest BCUT2D eigenvalue weighted by Gasteiger charge is 2.38. The van der Waals surface area contributed by atoms with Crippen LogP contribution in [-0.4, -0.2) is 46.1 Å². The van der Waals surface area contributed by atoms with Gasteiger partial charge in [-0.05, 0) is 124 Å².